The van der Waals surface area contributed by atoms with Crippen molar-refractivity contribution < 1.29 is 18.7 Å². The van der Waals surface area contributed by atoms with Crippen LogP contribution in [0.3, 0.4) is 0 Å². The number of fused-ring (bicyclic) bond motifs is 1. The molecule has 1 saturated heterocycles. The molecule has 2 aliphatic heterocycles. The molecule has 2 aromatic rings. The molecule has 30 heavy (non-hydrogen) atoms. The molecule has 0 N–H and O–H groups in total. The van der Waals surface area contributed by atoms with E-state index < -0.39 is 5.41 Å². The molecule has 0 bridgehead atoms. The molecule has 1 unspecified atom stereocenters. The zero-order valence-electron chi connectivity index (χ0n) is 17.3. The average molecular weight is 409 g/mol. The smallest absolute Gasteiger partial charge is 0.337 e. The third-order valence-electron chi connectivity index (χ3n) is 5.89. The Balaban J connectivity index is 1.49. The Hall–Kier alpha value is -3.06. The fourth-order valence-corrected chi connectivity index (χ4v) is 4.10. The maximum Gasteiger partial charge on any atom is 0.337 e. The number of carbonyl (C=O) groups is 2. The highest BCUT2D eigenvalue weighted by atomic mass is 19.1. The van der Waals surface area contributed by atoms with Crippen molar-refractivity contribution in [1.82, 2.24) is 4.90 Å². The van der Waals surface area contributed by atoms with Gasteiger partial charge in [-0.2, -0.15) is 10.1 Å². The van der Waals surface area contributed by atoms with Crippen LogP contribution in [-0.4, -0.2) is 42.7 Å². The number of hydrogen-bond acceptors (Lipinski definition) is 5. The maximum atomic E-state index is 13.6. The van der Waals surface area contributed by atoms with Crippen molar-refractivity contribution in [3.8, 4) is 0 Å². The summed E-state index contributed by atoms with van der Waals surface area (Å²) in [5.41, 5.74) is 2.81. The van der Waals surface area contributed by atoms with Crippen LogP contribution < -0.4 is 5.01 Å². The van der Waals surface area contributed by atoms with E-state index in [1.807, 2.05) is 19.1 Å². The van der Waals surface area contributed by atoms with Crippen LogP contribution in [0.15, 0.2) is 47.6 Å². The molecule has 0 aromatic heterocycles. The van der Waals surface area contributed by atoms with E-state index in [4.69, 9.17) is 4.74 Å². The van der Waals surface area contributed by atoms with Gasteiger partial charge in [0, 0.05) is 26.1 Å². The first-order chi connectivity index (χ1) is 14.3. The summed E-state index contributed by atoms with van der Waals surface area (Å²) in [4.78, 5) is 27.1. The number of nitrogens with zero attached hydrogens (tertiary/aromatic N) is 3. The minimum atomic E-state index is -0.702. The zero-order valence-corrected chi connectivity index (χ0v) is 17.3. The van der Waals surface area contributed by atoms with Crippen molar-refractivity contribution in [1.29, 1.82) is 0 Å². The molecule has 0 radical (unpaired) electrons. The normalized spacial score (nSPS) is 21.4. The molecule has 0 spiro atoms. The summed E-state index contributed by atoms with van der Waals surface area (Å²) in [6.07, 6.45) is 0.694. The van der Waals surface area contributed by atoms with Crippen LogP contribution in [0, 0.1) is 18.2 Å². The van der Waals surface area contributed by atoms with Crippen molar-refractivity contribution in [2.24, 2.45) is 10.5 Å². The molecule has 2 aliphatic rings. The molecule has 6 nitrogen and oxygen atoms in total. The quantitative estimate of drug-likeness (QED) is 0.725. The number of carbonyl (C=O) groups excluding carboxylic acids is 2. The molecule has 0 saturated carbocycles. The minimum Gasteiger partial charge on any atom is -0.465 e. The van der Waals surface area contributed by atoms with Gasteiger partial charge in [-0.3, -0.25) is 9.69 Å². The second-order valence-corrected chi connectivity index (χ2v) is 8.08. The third kappa shape index (κ3) is 3.50. The number of benzene rings is 2. The van der Waals surface area contributed by atoms with E-state index in [0.29, 0.717) is 36.3 Å². The van der Waals surface area contributed by atoms with Gasteiger partial charge >= 0.3 is 5.97 Å². The summed E-state index contributed by atoms with van der Waals surface area (Å²) in [5, 5.41) is 6.00. The summed E-state index contributed by atoms with van der Waals surface area (Å²) < 4.78 is 18.4. The second kappa shape index (κ2) is 7.65. The summed E-state index contributed by atoms with van der Waals surface area (Å²) in [6, 6.07) is 11.9. The molecule has 4 rings (SSSR count). The van der Waals surface area contributed by atoms with Gasteiger partial charge in [0.15, 0.2) is 0 Å². The Labute approximate surface area is 174 Å². The number of aryl methyl sites for hydroxylation is 1. The van der Waals surface area contributed by atoms with E-state index in [0.717, 1.165) is 17.8 Å². The molecule has 2 heterocycles. The highest BCUT2D eigenvalue weighted by Crippen LogP contribution is 2.38. The lowest BCUT2D eigenvalue weighted by Crippen LogP contribution is -2.50. The van der Waals surface area contributed by atoms with Crippen LogP contribution in [0.25, 0.3) is 0 Å². The molecule has 1 amide bonds. The van der Waals surface area contributed by atoms with Gasteiger partial charge in [0.1, 0.15) is 11.2 Å². The molecule has 1 fully saturated rings. The van der Waals surface area contributed by atoms with Crippen LogP contribution in [-0.2, 0) is 16.1 Å². The second-order valence-electron chi connectivity index (χ2n) is 8.08. The summed E-state index contributed by atoms with van der Waals surface area (Å²) in [5.74, 6) is -0.749. The van der Waals surface area contributed by atoms with Crippen LogP contribution in [0.1, 0.15) is 34.8 Å². The van der Waals surface area contributed by atoms with Crippen molar-refractivity contribution in [2.45, 2.75) is 26.8 Å². The molecule has 2 aromatic carbocycles. The van der Waals surface area contributed by atoms with Crippen molar-refractivity contribution in [2.75, 3.05) is 25.2 Å². The number of piperidine rings is 1. The molecule has 7 heteroatoms. The monoisotopic (exact) mass is 409 g/mol. The van der Waals surface area contributed by atoms with Crippen LogP contribution in [0.4, 0.5) is 10.1 Å². The van der Waals surface area contributed by atoms with Gasteiger partial charge in [0.2, 0.25) is 0 Å². The van der Waals surface area contributed by atoms with Gasteiger partial charge in [-0.05, 0) is 55.3 Å². The molecule has 0 aliphatic carbocycles. The first-order valence-electron chi connectivity index (χ1n) is 9.90. The Morgan fingerprint density at radius 1 is 1.23 bits per heavy atom. The van der Waals surface area contributed by atoms with E-state index in [1.165, 1.54) is 18.2 Å². The molecular weight excluding hydrogens is 385 g/mol. The van der Waals surface area contributed by atoms with Gasteiger partial charge in [-0.15, -0.1) is 0 Å². The van der Waals surface area contributed by atoms with E-state index in [9.17, 15) is 14.0 Å². The Bertz CT molecular complexity index is 1030. The van der Waals surface area contributed by atoms with Crippen LogP contribution in [0.2, 0.25) is 0 Å². The van der Waals surface area contributed by atoms with E-state index in [1.54, 1.807) is 31.2 Å². The lowest BCUT2D eigenvalue weighted by Gasteiger charge is -2.36. The Kier molecular flexibility index (Phi) is 5.15. The number of methoxy groups -OCH3 is 1. The standard InChI is InChI=1S/C23H24FN3O3/c1-15-12-18(8-9-19(15)24)27-22(29)23(2)14-26(11-10-20(23)25-27)13-16-4-6-17(7-5-16)21(28)30-3/h4-9,12H,10-11,13-14H2,1-3H3. The Morgan fingerprint density at radius 2 is 1.97 bits per heavy atom. The van der Waals surface area contributed by atoms with Crippen molar-refractivity contribution in [3.63, 3.8) is 0 Å². The minimum absolute atomic E-state index is 0.0887. The highest BCUT2D eigenvalue weighted by Gasteiger charge is 2.50. The number of halogens is 1. The highest BCUT2D eigenvalue weighted by molar-refractivity contribution is 6.19. The maximum absolute atomic E-state index is 13.6. The van der Waals surface area contributed by atoms with Gasteiger partial charge in [0.05, 0.1) is 24.1 Å². The fraction of sp³-hybridized carbons (Fsp3) is 0.348. The van der Waals surface area contributed by atoms with Crippen molar-refractivity contribution in [3.05, 3.63) is 65.0 Å². The molecular formula is C23H24FN3O3. The number of amides is 1. The van der Waals surface area contributed by atoms with E-state index in [2.05, 4.69) is 10.0 Å². The van der Waals surface area contributed by atoms with Crippen LogP contribution >= 0.6 is 0 Å². The summed E-state index contributed by atoms with van der Waals surface area (Å²) in [7, 11) is 1.36. The number of likely N-dealkylation sites (tertiary alicyclic amines) is 1. The van der Waals surface area contributed by atoms with E-state index >= 15 is 0 Å². The van der Waals surface area contributed by atoms with Gasteiger partial charge in [0.25, 0.3) is 5.91 Å². The number of ether oxygens (including phenoxy) is 1. The van der Waals surface area contributed by atoms with Gasteiger partial charge in [-0.1, -0.05) is 12.1 Å². The number of hydrogen-bond donors (Lipinski definition) is 0. The number of rotatable bonds is 4. The van der Waals surface area contributed by atoms with Crippen LogP contribution in [0.5, 0.6) is 0 Å². The summed E-state index contributed by atoms with van der Waals surface area (Å²) in [6.45, 7) is 5.62. The fourth-order valence-electron chi connectivity index (χ4n) is 4.10. The lowest BCUT2D eigenvalue weighted by atomic mass is 9.79. The van der Waals surface area contributed by atoms with Gasteiger partial charge < -0.3 is 4.74 Å². The van der Waals surface area contributed by atoms with Gasteiger partial charge in [-0.25, -0.2) is 9.18 Å². The Morgan fingerprint density at radius 3 is 2.63 bits per heavy atom. The first kappa shape index (κ1) is 20.2. The largest absolute Gasteiger partial charge is 0.465 e. The first-order valence-corrected chi connectivity index (χ1v) is 9.90. The average Bonchev–Trinajstić information content (AvgIpc) is 3.00. The topological polar surface area (TPSA) is 62.2 Å². The lowest BCUT2D eigenvalue weighted by molar-refractivity contribution is -0.124. The molecule has 1 atom stereocenters. The predicted molar refractivity (Wildman–Crippen MR) is 112 cm³/mol. The number of esters is 1. The zero-order chi connectivity index (χ0) is 21.5. The van der Waals surface area contributed by atoms with Crippen molar-refractivity contribution >= 4 is 23.3 Å². The number of hydrazone groups is 1. The number of anilines is 1. The molecule has 156 valence electrons. The van der Waals surface area contributed by atoms with E-state index in [-0.39, 0.29) is 17.7 Å². The third-order valence-corrected chi connectivity index (χ3v) is 5.89. The predicted octanol–water partition coefficient (Wildman–Crippen LogP) is 3.54. The SMILES string of the molecule is COC(=O)c1ccc(CN2CCC3=NN(c4ccc(F)c(C)c4)C(=O)C3(C)C2)cc1. The summed E-state index contributed by atoms with van der Waals surface area (Å²) >= 11 is 0.